The van der Waals surface area contributed by atoms with E-state index >= 15 is 0 Å². The number of nitrogens with zero attached hydrogens (tertiary/aromatic N) is 1. The molecular formula is C16H17NO5S. The van der Waals surface area contributed by atoms with Gasteiger partial charge in [0.1, 0.15) is 12.3 Å². The zero-order valence-corrected chi connectivity index (χ0v) is 13.6. The third-order valence-electron chi connectivity index (χ3n) is 3.26. The smallest absolute Gasteiger partial charge is 0.324 e. The van der Waals surface area contributed by atoms with Gasteiger partial charge in [-0.05, 0) is 35.4 Å². The van der Waals surface area contributed by atoms with Gasteiger partial charge in [-0.15, -0.1) is 0 Å². The molecule has 0 radical (unpaired) electrons. The first-order valence-corrected chi connectivity index (χ1v) is 8.60. The lowest BCUT2D eigenvalue weighted by Gasteiger charge is -2.20. The van der Waals surface area contributed by atoms with Crippen molar-refractivity contribution in [3.63, 3.8) is 0 Å². The van der Waals surface area contributed by atoms with E-state index in [9.17, 15) is 13.2 Å². The summed E-state index contributed by atoms with van der Waals surface area (Å²) >= 11 is 0. The molecule has 2 aromatic carbocycles. The number of hydrogen-bond acceptors (Lipinski definition) is 4. The first-order valence-electron chi connectivity index (χ1n) is 6.75. The van der Waals surface area contributed by atoms with Crippen LogP contribution in [-0.2, 0) is 14.8 Å². The molecule has 0 unspecified atom stereocenters. The Bertz CT molecular complexity index is 782. The summed E-state index contributed by atoms with van der Waals surface area (Å²) in [5.41, 5.74) is 2.15. The average molecular weight is 335 g/mol. The maximum absolute atomic E-state index is 11.7. The van der Waals surface area contributed by atoms with E-state index in [-0.39, 0.29) is 0 Å². The summed E-state index contributed by atoms with van der Waals surface area (Å²) in [6, 6.07) is 14.1. The molecule has 0 bridgehead atoms. The third kappa shape index (κ3) is 4.23. The van der Waals surface area contributed by atoms with E-state index in [1.807, 2.05) is 24.3 Å². The number of sulfonamides is 1. The second-order valence-corrected chi connectivity index (χ2v) is 6.85. The maximum atomic E-state index is 11.7. The fourth-order valence-electron chi connectivity index (χ4n) is 2.13. The van der Waals surface area contributed by atoms with Crippen LogP contribution in [0.15, 0.2) is 48.5 Å². The van der Waals surface area contributed by atoms with Crippen molar-refractivity contribution < 1.29 is 23.1 Å². The number of ether oxygens (including phenoxy) is 1. The molecule has 6 nitrogen and oxygen atoms in total. The van der Waals surface area contributed by atoms with Crippen LogP contribution >= 0.6 is 0 Å². The molecule has 0 aromatic heterocycles. The standard InChI is InChI=1S/C16H17NO5S/c1-22-15-9-5-13(6-10-15)12-3-7-14(8-4-12)17(11-16(18)19)23(2,20)21/h3-10H,11H2,1-2H3,(H,18,19). The van der Waals surface area contributed by atoms with Crippen LogP contribution in [0, 0.1) is 0 Å². The monoisotopic (exact) mass is 335 g/mol. The van der Waals surface area contributed by atoms with E-state index < -0.39 is 22.5 Å². The Balaban J connectivity index is 2.31. The predicted molar refractivity (Wildman–Crippen MR) is 88.3 cm³/mol. The largest absolute Gasteiger partial charge is 0.497 e. The van der Waals surface area contributed by atoms with Crippen LogP contribution in [0.25, 0.3) is 11.1 Å². The molecule has 2 rings (SSSR count). The molecule has 1 N–H and O–H groups in total. The molecule has 0 saturated carbocycles. The summed E-state index contributed by atoms with van der Waals surface area (Å²) < 4.78 is 29.4. The molecule has 0 heterocycles. The Morgan fingerprint density at radius 2 is 1.52 bits per heavy atom. The molecule has 0 saturated heterocycles. The molecular weight excluding hydrogens is 318 g/mol. The molecule has 0 amide bonds. The summed E-state index contributed by atoms with van der Waals surface area (Å²) in [4.78, 5) is 10.9. The van der Waals surface area contributed by atoms with Gasteiger partial charge in [0.25, 0.3) is 0 Å². The first-order chi connectivity index (χ1) is 10.8. The number of carbonyl (C=O) groups is 1. The summed E-state index contributed by atoms with van der Waals surface area (Å²) in [5.74, 6) is -0.468. The van der Waals surface area contributed by atoms with E-state index in [1.54, 1.807) is 31.4 Å². The fourth-order valence-corrected chi connectivity index (χ4v) is 2.98. The average Bonchev–Trinajstić information content (AvgIpc) is 2.52. The van der Waals surface area contributed by atoms with Crippen LogP contribution in [-0.4, -0.2) is 39.4 Å². The number of carboxylic acids is 1. The highest BCUT2D eigenvalue weighted by molar-refractivity contribution is 7.92. The van der Waals surface area contributed by atoms with Gasteiger partial charge < -0.3 is 9.84 Å². The van der Waals surface area contributed by atoms with Crippen LogP contribution in [0.3, 0.4) is 0 Å². The van der Waals surface area contributed by atoms with Gasteiger partial charge in [-0.3, -0.25) is 9.10 Å². The zero-order chi connectivity index (χ0) is 17.0. The SMILES string of the molecule is COc1ccc(-c2ccc(N(CC(=O)O)S(C)(=O)=O)cc2)cc1. The van der Waals surface area contributed by atoms with Crippen molar-refractivity contribution >= 4 is 21.7 Å². The highest BCUT2D eigenvalue weighted by atomic mass is 32.2. The summed E-state index contributed by atoms with van der Waals surface area (Å²) in [6.45, 7) is -0.610. The lowest BCUT2D eigenvalue weighted by atomic mass is 10.1. The number of carboxylic acid groups (broad SMARTS) is 1. The van der Waals surface area contributed by atoms with Gasteiger partial charge >= 0.3 is 5.97 Å². The van der Waals surface area contributed by atoms with Crippen LogP contribution in [0.1, 0.15) is 0 Å². The fraction of sp³-hybridized carbons (Fsp3) is 0.188. The van der Waals surface area contributed by atoms with Crippen LogP contribution in [0.5, 0.6) is 5.75 Å². The van der Waals surface area contributed by atoms with E-state index in [4.69, 9.17) is 9.84 Å². The predicted octanol–water partition coefficient (Wildman–Crippen LogP) is 2.21. The quantitative estimate of drug-likeness (QED) is 0.875. The molecule has 7 heteroatoms. The molecule has 0 aliphatic rings. The van der Waals surface area contributed by atoms with Crippen molar-refractivity contribution in [2.24, 2.45) is 0 Å². The van der Waals surface area contributed by atoms with E-state index in [0.717, 1.165) is 27.4 Å². The minimum absolute atomic E-state index is 0.312. The van der Waals surface area contributed by atoms with Gasteiger partial charge in [-0.25, -0.2) is 8.42 Å². The highest BCUT2D eigenvalue weighted by Crippen LogP contribution is 2.26. The zero-order valence-electron chi connectivity index (χ0n) is 12.8. The Morgan fingerprint density at radius 1 is 1.04 bits per heavy atom. The number of rotatable bonds is 6. The van der Waals surface area contributed by atoms with Gasteiger partial charge in [0.2, 0.25) is 10.0 Å². The number of methoxy groups -OCH3 is 1. The Morgan fingerprint density at radius 3 is 1.91 bits per heavy atom. The topological polar surface area (TPSA) is 83.9 Å². The molecule has 23 heavy (non-hydrogen) atoms. The summed E-state index contributed by atoms with van der Waals surface area (Å²) in [7, 11) is -2.07. The second kappa shape index (κ2) is 6.70. The molecule has 2 aromatic rings. The van der Waals surface area contributed by atoms with Gasteiger partial charge in [-0.2, -0.15) is 0 Å². The Hall–Kier alpha value is -2.54. The van der Waals surface area contributed by atoms with Crippen LogP contribution < -0.4 is 9.04 Å². The number of benzene rings is 2. The summed E-state index contributed by atoms with van der Waals surface area (Å²) in [5, 5.41) is 8.87. The van der Waals surface area contributed by atoms with Crippen molar-refractivity contribution in [1.29, 1.82) is 0 Å². The van der Waals surface area contributed by atoms with Crippen molar-refractivity contribution in [2.45, 2.75) is 0 Å². The maximum Gasteiger partial charge on any atom is 0.324 e. The van der Waals surface area contributed by atoms with Gasteiger partial charge in [0.15, 0.2) is 0 Å². The molecule has 122 valence electrons. The molecule has 0 aliphatic carbocycles. The van der Waals surface area contributed by atoms with Gasteiger partial charge in [0, 0.05) is 0 Å². The van der Waals surface area contributed by atoms with Crippen molar-refractivity contribution in [1.82, 2.24) is 0 Å². The lowest BCUT2D eigenvalue weighted by Crippen LogP contribution is -2.34. The molecule has 0 atom stereocenters. The van der Waals surface area contributed by atoms with Crippen molar-refractivity contribution in [3.05, 3.63) is 48.5 Å². The lowest BCUT2D eigenvalue weighted by molar-refractivity contribution is -0.135. The first kappa shape index (κ1) is 16.8. The number of aliphatic carboxylic acids is 1. The van der Waals surface area contributed by atoms with E-state index in [0.29, 0.717) is 5.69 Å². The highest BCUT2D eigenvalue weighted by Gasteiger charge is 2.20. The van der Waals surface area contributed by atoms with Crippen LogP contribution in [0.2, 0.25) is 0 Å². The minimum atomic E-state index is -3.66. The molecule has 0 fully saturated rings. The number of hydrogen-bond donors (Lipinski definition) is 1. The Kier molecular flexibility index (Phi) is 4.90. The Labute approximate surface area is 135 Å². The second-order valence-electron chi connectivity index (χ2n) is 4.94. The van der Waals surface area contributed by atoms with Crippen LogP contribution in [0.4, 0.5) is 5.69 Å². The van der Waals surface area contributed by atoms with Gasteiger partial charge in [-0.1, -0.05) is 24.3 Å². The molecule has 0 aliphatic heterocycles. The van der Waals surface area contributed by atoms with Gasteiger partial charge in [0.05, 0.1) is 19.1 Å². The van der Waals surface area contributed by atoms with E-state index in [2.05, 4.69) is 0 Å². The minimum Gasteiger partial charge on any atom is -0.497 e. The number of anilines is 1. The third-order valence-corrected chi connectivity index (χ3v) is 4.40. The van der Waals surface area contributed by atoms with Crippen molar-refractivity contribution in [3.8, 4) is 16.9 Å². The normalized spacial score (nSPS) is 11.0. The van der Waals surface area contributed by atoms with Crippen molar-refractivity contribution in [2.75, 3.05) is 24.2 Å². The summed E-state index contributed by atoms with van der Waals surface area (Å²) in [6.07, 6.45) is 0.979. The van der Waals surface area contributed by atoms with E-state index in [1.165, 1.54) is 0 Å². The molecule has 0 spiro atoms.